The number of carbonyl (C=O) groups is 1. The molecule has 4 N–H and O–H groups in total. The van der Waals surface area contributed by atoms with Crippen molar-refractivity contribution < 1.29 is 4.79 Å². The van der Waals surface area contributed by atoms with Crippen LogP contribution in [0.3, 0.4) is 0 Å². The van der Waals surface area contributed by atoms with Crippen LogP contribution in [0, 0.1) is 18.8 Å². The molecule has 1 aliphatic carbocycles. The quantitative estimate of drug-likeness (QED) is 0.725. The van der Waals surface area contributed by atoms with E-state index >= 15 is 0 Å². The lowest BCUT2D eigenvalue weighted by Gasteiger charge is -2.22. The van der Waals surface area contributed by atoms with E-state index in [-0.39, 0.29) is 11.9 Å². The number of rotatable bonds is 7. The van der Waals surface area contributed by atoms with Crippen molar-refractivity contribution in [2.45, 2.75) is 52.6 Å². The van der Waals surface area contributed by atoms with E-state index in [1.54, 1.807) is 0 Å². The summed E-state index contributed by atoms with van der Waals surface area (Å²) in [7, 11) is 0. The second kappa shape index (κ2) is 7.14. The van der Waals surface area contributed by atoms with Crippen LogP contribution in [0.1, 0.15) is 49.5 Å². The third-order valence-corrected chi connectivity index (χ3v) is 4.72. The smallest absolute Gasteiger partial charge is 0.251 e. The molecule has 0 bridgehead atoms. The number of carbonyl (C=O) groups excluding carboxylic acids is 1. The van der Waals surface area contributed by atoms with E-state index in [1.807, 2.05) is 25.1 Å². The zero-order chi connectivity index (χ0) is 16.3. The van der Waals surface area contributed by atoms with Crippen molar-refractivity contribution in [3.8, 4) is 0 Å². The second-order valence-corrected chi connectivity index (χ2v) is 6.81. The Bertz CT molecular complexity index is 523. The molecule has 0 aliphatic heterocycles. The van der Waals surface area contributed by atoms with Crippen LogP contribution in [-0.2, 0) is 0 Å². The molecule has 0 heterocycles. The van der Waals surface area contributed by atoms with Gasteiger partial charge < -0.3 is 16.4 Å². The molecule has 1 fully saturated rings. The fraction of sp³-hybridized carbons (Fsp3) is 0.611. The Hall–Kier alpha value is -1.55. The molecule has 1 aromatic carbocycles. The molecule has 0 saturated heterocycles. The molecular weight excluding hydrogens is 274 g/mol. The summed E-state index contributed by atoms with van der Waals surface area (Å²) >= 11 is 0. The average molecular weight is 303 g/mol. The molecule has 1 aromatic rings. The number of amides is 1. The van der Waals surface area contributed by atoms with Gasteiger partial charge in [0.1, 0.15) is 0 Å². The third-order valence-electron chi connectivity index (χ3n) is 4.72. The van der Waals surface area contributed by atoms with Gasteiger partial charge in [-0.1, -0.05) is 19.9 Å². The minimum absolute atomic E-state index is 0.0132. The predicted molar refractivity (Wildman–Crippen MR) is 92.1 cm³/mol. The number of benzene rings is 1. The molecule has 2 unspecified atom stereocenters. The van der Waals surface area contributed by atoms with E-state index in [1.165, 1.54) is 12.8 Å². The lowest BCUT2D eigenvalue weighted by atomic mass is 10.0. The summed E-state index contributed by atoms with van der Waals surface area (Å²) in [5.74, 6) is 1.09. The number of nitrogens with one attached hydrogen (secondary N) is 2. The molecule has 4 heteroatoms. The molecule has 1 aliphatic rings. The van der Waals surface area contributed by atoms with E-state index in [9.17, 15) is 4.79 Å². The first kappa shape index (κ1) is 16.8. The highest BCUT2D eigenvalue weighted by molar-refractivity contribution is 5.97. The Balaban J connectivity index is 2.11. The number of hydrogen-bond acceptors (Lipinski definition) is 3. The summed E-state index contributed by atoms with van der Waals surface area (Å²) in [4.78, 5) is 12.5. The lowest BCUT2D eigenvalue weighted by Crippen LogP contribution is -2.42. The van der Waals surface area contributed by atoms with Gasteiger partial charge in [0.05, 0.1) is 0 Å². The largest absolute Gasteiger partial charge is 0.382 e. The normalized spacial score (nSPS) is 17.2. The summed E-state index contributed by atoms with van der Waals surface area (Å²) in [5.41, 5.74) is 8.55. The third kappa shape index (κ3) is 4.01. The van der Waals surface area contributed by atoms with Crippen molar-refractivity contribution in [2.24, 2.45) is 17.6 Å². The molecule has 0 radical (unpaired) electrons. The monoisotopic (exact) mass is 303 g/mol. The van der Waals surface area contributed by atoms with Crippen molar-refractivity contribution >= 4 is 11.6 Å². The van der Waals surface area contributed by atoms with E-state index in [2.05, 4.69) is 31.4 Å². The highest BCUT2D eigenvalue weighted by Gasteiger charge is 2.31. The maximum Gasteiger partial charge on any atom is 0.251 e. The Morgan fingerprint density at radius 3 is 2.55 bits per heavy atom. The van der Waals surface area contributed by atoms with Gasteiger partial charge in [0.2, 0.25) is 0 Å². The van der Waals surface area contributed by atoms with E-state index in [0.717, 1.165) is 16.8 Å². The molecule has 1 saturated carbocycles. The van der Waals surface area contributed by atoms with E-state index in [0.29, 0.717) is 24.4 Å². The number of hydrogen-bond donors (Lipinski definition) is 3. The van der Waals surface area contributed by atoms with Crippen LogP contribution in [0.4, 0.5) is 5.69 Å². The first-order valence-electron chi connectivity index (χ1n) is 8.31. The predicted octanol–water partition coefficient (Wildman–Crippen LogP) is 2.92. The molecule has 0 spiro atoms. The molecule has 2 atom stereocenters. The van der Waals surface area contributed by atoms with Gasteiger partial charge in [0.25, 0.3) is 5.91 Å². The van der Waals surface area contributed by atoms with Gasteiger partial charge in [-0.15, -0.1) is 0 Å². The van der Waals surface area contributed by atoms with Gasteiger partial charge >= 0.3 is 0 Å². The molecule has 22 heavy (non-hydrogen) atoms. The highest BCUT2D eigenvalue weighted by Crippen LogP contribution is 2.32. The number of anilines is 1. The highest BCUT2D eigenvalue weighted by atomic mass is 16.1. The molecule has 1 amide bonds. The lowest BCUT2D eigenvalue weighted by molar-refractivity contribution is 0.0933. The maximum atomic E-state index is 12.5. The summed E-state index contributed by atoms with van der Waals surface area (Å²) in [6.45, 7) is 9.04. The van der Waals surface area contributed by atoms with E-state index < -0.39 is 0 Å². The van der Waals surface area contributed by atoms with Crippen molar-refractivity contribution in [1.29, 1.82) is 0 Å². The summed E-state index contributed by atoms with van der Waals surface area (Å²) in [5, 5.41) is 6.60. The molecule has 4 nitrogen and oxygen atoms in total. The minimum atomic E-state index is -0.0132. The van der Waals surface area contributed by atoms with Gasteiger partial charge in [-0.3, -0.25) is 4.79 Å². The fourth-order valence-corrected chi connectivity index (χ4v) is 2.56. The Morgan fingerprint density at radius 1 is 1.32 bits per heavy atom. The van der Waals surface area contributed by atoms with Gasteiger partial charge in [-0.05, 0) is 56.2 Å². The van der Waals surface area contributed by atoms with Crippen LogP contribution < -0.4 is 16.4 Å². The van der Waals surface area contributed by atoms with Crippen LogP contribution >= 0.6 is 0 Å². The van der Waals surface area contributed by atoms with Crippen LogP contribution in [0.5, 0.6) is 0 Å². The topological polar surface area (TPSA) is 67.2 Å². The zero-order valence-corrected chi connectivity index (χ0v) is 14.1. The van der Waals surface area contributed by atoms with Crippen LogP contribution in [-0.4, -0.2) is 24.5 Å². The number of nitrogens with two attached hydrogens (primary N) is 1. The first-order valence-corrected chi connectivity index (χ1v) is 8.31. The molecular formula is C18H29N3O. The van der Waals surface area contributed by atoms with Crippen molar-refractivity contribution in [3.05, 3.63) is 29.3 Å². The Labute approximate surface area is 133 Å². The van der Waals surface area contributed by atoms with Crippen molar-refractivity contribution in [3.63, 3.8) is 0 Å². The summed E-state index contributed by atoms with van der Waals surface area (Å²) in [6, 6.07) is 6.33. The molecule has 2 rings (SSSR count). The standard InChI is InChI=1S/C18H29N3O/c1-11(2)13(4)20-16-7-5-6-15(12(16)3)18(22)21-17(10-19)14-8-9-14/h5-7,11,13-14,17,20H,8-10,19H2,1-4H3,(H,21,22). The first-order chi connectivity index (χ1) is 10.4. The summed E-state index contributed by atoms with van der Waals surface area (Å²) in [6.07, 6.45) is 2.35. The maximum absolute atomic E-state index is 12.5. The fourth-order valence-electron chi connectivity index (χ4n) is 2.56. The Kier molecular flexibility index (Phi) is 5.46. The van der Waals surface area contributed by atoms with Gasteiger partial charge in [0.15, 0.2) is 0 Å². The van der Waals surface area contributed by atoms with Crippen LogP contribution in [0.15, 0.2) is 18.2 Å². The van der Waals surface area contributed by atoms with Crippen molar-refractivity contribution in [1.82, 2.24) is 5.32 Å². The Morgan fingerprint density at radius 2 is 2.00 bits per heavy atom. The van der Waals surface area contributed by atoms with Gasteiger partial charge in [0, 0.05) is 29.9 Å². The van der Waals surface area contributed by atoms with Crippen molar-refractivity contribution in [2.75, 3.05) is 11.9 Å². The van der Waals surface area contributed by atoms with Crippen LogP contribution in [0.25, 0.3) is 0 Å². The molecule has 0 aromatic heterocycles. The zero-order valence-electron chi connectivity index (χ0n) is 14.1. The SMILES string of the molecule is Cc1c(NC(C)C(C)C)cccc1C(=O)NC(CN)C1CC1. The minimum Gasteiger partial charge on any atom is -0.382 e. The van der Waals surface area contributed by atoms with E-state index in [4.69, 9.17) is 5.73 Å². The van der Waals surface area contributed by atoms with Crippen LogP contribution in [0.2, 0.25) is 0 Å². The second-order valence-electron chi connectivity index (χ2n) is 6.81. The summed E-state index contributed by atoms with van der Waals surface area (Å²) < 4.78 is 0. The molecule has 122 valence electrons. The van der Waals surface area contributed by atoms with Gasteiger partial charge in [-0.2, -0.15) is 0 Å². The van der Waals surface area contributed by atoms with Gasteiger partial charge in [-0.25, -0.2) is 0 Å². The average Bonchev–Trinajstić information content (AvgIpc) is 3.31.